The van der Waals surface area contributed by atoms with Gasteiger partial charge in [-0.3, -0.25) is 14.5 Å². The highest BCUT2D eigenvalue weighted by Gasteiger charge is 2.31. The van der Waals surface area contributed by atoms with E-state index in [0.29, 0.717) is 16.5 Å². The van der Waals surface area contributed by atoms with Gasteiger partial charge >= 0.3 is 0 Å². The predicted octanol–water partition coefficient (Wildman–Crippen LogP) is 0.894. The Morgan fingerprint density at radius 2 is 1.91 bits per heavy atom. The molecule has 0 unspecified atom stereocenters. The monoisotopic (exact) mass is 319 g/mol. The standard InChI is InChI=1S/C14H17N5O2S/c1-17-5-7-19(8-6-17)13-15-4-3-10(16-13)9-11-12(20)18(2)14(21)22-11/h3-4,9H,5-8H2,1-2H3. The van der Waals surface area contributed by atoms with Crippen molar-refractivity contribution in [3.8, 4) is 0 Å². The molecule has 2 saturated heterocycles. The lowest BCUT2D eigenvalue weighted by molar-refractivity contribution is -0.121. The Kier molecular flexibility index (Phi) is 4.12. The number of rotatable bonds is 2. The Labute approximate surface area is 133 Å². The van der Waals surface area contributed by atoms with Gasteiger partial charge in [-0.1, -0.05) is 0 Å². The SMILES string of the molecule is CN1CCN(c2nccc(C=C3SC(=O)N(C)C3=O)n2)CC1. The Morgan fingerprint density at radius 3 is 2.55 bits per heavy atom. The summed E-state index contributed by atoms with van der Waals surface area (Å²) in [7, 11) is 3.57. The first-order valence-corrected chi connectivity index (χ1v) is 7.84. The molecule has 0 atom stereocenters. The van der Waals surface area contributed by atoms with Gasteiger partial charge in [0.05, 0.1) is 10.6 Å². The molecule has 8 heteroatoms. The van der Waals surface area contributed by atoms with Crippen molar-refractivity contribution in [1.82, 2.24) is 19.8 Å². The summed E-state index contributed by atoms with van der Waals surface area (Å²) >= 11 is 0.936. The summed E-state index contributed by atoms with van der Waals surface area (Å²) in [5.74, 6) is 0.382. The number of hydrogen-bond donors (Lipinski definition) is 0. The molecule has 0 bridgehead atoms. The van der Waals surface area contributed by atoms with Gasteiger partial charge in [-0.05, 0) is 31.0 Å². The number of hydrogen-bond acceptors (Lipinski definition) is 7. The summed E-state index contributed by atoms with van der Waals surface area (Å²) in [6.45, 7) is 3.71. The Hall–Kier alpha value is -1.93. The number of carbonyl (C=O) groups excluding carboxylic acids is 2. The number of nitrogens with zero attached hydrogens (tertiary/aromatic N) is 5. The number of piperazine rings is 1. The second-order valence-electron chi connectivity index (χ2n) is 5.31. The van der Waals surface area contributed by atoms with E-state index in [1.165, 1.54) is 7.05 Å². The number of amides is 2. The third-order valence-electron chi connectivity index (χ3n) is 3.72. The minimum Gasteiger partial charge on any atom is -0.338 e. The molecule has 0 aromatic carbocycles. The van der Waals surface area contributed by atoms with Crippen LogP contribution in [0.15, 0.2) is 17.2 Å². The number of anilines is 1. The topological polar surface area (TPSA) is 69.6 Å². The van der Waals surface area contributed by atoms with Crippen LogP contribution in [0.1, 0.15) is 5.69 Å². The molecule has 1 aromatic rings. The van der Waals surface area contributed by atoms with Crippen molar-refractivity contribution < 1.29 is 9.59 Å². The van der Waals surface area contributed by atoms with Gasteiger partial charge in [-0.25, -0.2) is 9.97 Å². The average Bonchev–Trinajstić information content (AvgIpc) is 2.76. The fourth-order valence-electron chi connectivity index (χ4n) is 2.28. The van der Waals surface area contributed by atoms with E-state index >= 15 is 0 Å². The Morgan fingerprint density at radius 1 is 1.18 bits per heavy atom. The molecule has 0 radical (unpaired) electrons. The van der Waals surface area contributed by atoms with Gasteiger partial charge in [0, 0.05) is 39.4 Å². The summed E-state index contributed by atoms with van der Waals surface area (Å²) in [5.41, 5.74) is 0.642. The summed E-state index contributed by atoms with van der Waals surface area (Å²) in [4.78, 5) is 38.1. The normalized spacial score (nSPS) is 22.0. The fourth-order valence-corrected chi connectivity index (χ4v) is 3.09. The largest absolute Gasteiger partial charge is 0.338 e. The molecule has 2 amide bonds. The van der Waals surface area contributed by atoms with Crippen molar-refractivity contribution >= 4 is 34.9 Å². The number of carbonyl (C=O) groups is 2. The van der Waals surface area contributed by atoms with Crippen LogP contribution in [0.2, 0.25) is 0 Å². The highest BCUT2D eigenvalue weighted by atomic mass is 32.2. The zero-order valence-corrected chi connectivity index (χ0v) is 13.3. The van der Waals surface area contributed by atoms with E-state index < -0.39 is 0 Å². The zero-order chi connectivity index (χ0) is 15.7. The number of imide groups is 1. The van der Waals surface area contributed by atoms with Gasteiger partial charge < -0.3 is 9.80 Å². The maximum absolute atomic E-state index is 11.9. The molecule has 2 fully saturated rings. The summed E-state index contributed by atoms with van der Waals surface area (Å²) < 4.78 is 0. The van der Waals surface area contributed by atoms with Crippen molar-refractivity contribution in [2.45, 2.75) is 0 Å². The van der Waals surface area contributed by atoms with Crippen LogP contribution in [0.25, 0.3) is 6.08 Å². The van der Waals surface area contributed by atoms with E-state index in [-0.39, 0.29) is 11.1 Å². The third-order valence-corrected chi connectivity index (χ3v) is 4.68. The zero-order valence-electron chi connectivity index (χ0n) is 12.5. The Bertz CT molecular complexity index is 640. The highest BCUT2D eigenvalue weighted by Crippen LogP contribution is 2.30. The maximum Gasteiger partial charge on any atom is 0.293 e. The van der Waals surface area contributed by atoms with Crippen LogP contribution in [-0.4, -0.2) is 71.2 Å². The molecule has 116 valence electrons. The fraction of sp³-hybridized carbons (Fsp3) is 0.429. The van der Waals surface area contributed by atoms with E-state index in [4.69, 9.17) is 0 Å². The molecular formula is C14H17N5O2S. The molecule has 3 heterocycles. The van der Waals surface area contributed by atoms with Crippen LogP contribution in [0, 0.1) is 0 Å². The van der Waals surface area contributed by atoms with Crippen molar-refractivity contribution in [1.29, 1.82) is 0 Å². The van der Waals surface area contributed by atoms with Gasteiger partial charge in [-0.2, -0.15) is 0 Å². The van der Waals surface area contributed by atoms with E-state index in [9.17, 15) is 9.59 Å². The molecule has 0 aliphatic carbocycles. The molecular weight excluding hydrogens is 302 g/mol. The van der Waals surface area contributed by atoms with Crippen LogP contribution in [0.3, 0.4) is 0 Å². The minimum atomic E-state index is -0.283. The molecule has 1 aromatic heterocycles. The van der Waals surface area contributed by atoms with E-state index in [0.717, 1.165) is 42.8 Å². The number of likely N-dealkylation sites (N-methyl/N-ethyl adjacent to an activating group) is 2. The quantitative estimate of drug-likeness (QED) is 0.750. The molecule has 2 aliphatic rings. The molecule has 0 spiro atoms. The average molecular weight is 319 g/mol. The third kappa shape index (κ3) is 2.97. The predicted molar refractivity (Wildman–Crippen MR) is 85.5 cm³/mol. The Balaban J connectivity index is 1.80. The molecule has 2 aliphatic heterocycles. The van der Waals surface area contributed by atoms with Gasteiger partial charge in [-0.15, -0.1) is 0 Å². The molecule has 22 heavy (non-hydrogen) atoms. The molecule has 7 nitrogen and oxygen atoms in total. The summed E-state index contributed by atoms with van der Waals surface area (Å²) in [6, 6.07) is 1.74. The second-order valence-corrected chi connectivity index (χ2v) is 6.31. The lowest BCUT2D eigenvalue weighted by Gasteiger charge is -2.32. The van der Waals surface area contributed by atoms with Crippen LogP contribution in [-0.2, 0) is 4.79 Å². The van der Waals surface area contributed by atoms with Crippen molar-refractivity contribution in [2.75, 3.05) is 45.2 Å². The van der Waals surface area contributed by atoms with Crippen LogP contribution in [0.4, 0.5) is 10.7 Å². The van der Waals surface area contributed by atoms with Crippen molar-refractivity contribution in [2.24, 2.45) is 0 Å². The first-order chi connectivity index (χ1) is 10.5. The van der Waals surface area contributed by atoms with Gasteiger partial charge in [0.1, 0.15) is 0 Å². The number of aromatic nitrogens is 2. The lowest BCUT2D eigenvalue weighted by atomic mass is 10.3. The highest BCUT2D eigenvalue weighted by molar-refractivity contribution is 8.18. The smallest absolute Gasteiger partial charge is 0.293 e. The second kappa shape index (κ2) is 6.05. The molecule has 0 saturated carbocycles. The molecule has 0 N–H and O–H groups in total. The van der Waals surface area contributed by atoms with Crippen LogP contribution >= 0.6 is 11.8 Å². The lowest BCUT2D eigenvalue weighted by Crippen LogP contribution is -2.45. The number of thioether (sulfide) groups is 1. The van der Waals surface area contributed by atoms with E-state index in [1.54, 1.807) is 18.3 Å². The summed E-state index contributed by atoms with van der Waals surface area (Å²) in [5, 5.41) is -0.260. The maximum atomic E-state index is 11.9. The molecule has 3 rings (SSSR count). The van der Waals surface area contributed by atoms with Crippen LogP contribution in [0.5, 0.6) is 0 Å². The first-order valence-electron chi connectivity index (χ1n) is 7.03. The minimum absolute atomic E-state index is 0.260. The van der Waals surface area contributed by atoms with E-state index in [1.807, 2.05) is 0 Å². The van der Waals surface area contributed by atoms with Gasteiger partial charge in [0.2, 0.25) is 5.95 Å². The van der Waals surface area contributed by atoms with Crippen molar-refractivity contribution in [3.63, 3.8) is 0 Å². The summed E-state index contributed by atoms with van der Waals surface area (Å²) in [6.07, 6.45) is 3.33. The van der Waals surface area contributed by atoms with Crippen LogP contribution < -0.4 is 4.90 Å². The van der Waals surface area contributed by atoms with Gasteiger partial charge in [0.15, 0.2) is 0 Å². The van der Waals surface area contributed by atoms with E-state index in [2.05, 4.69) is 26.8 Å². The van der Waals surface area contributed by atoms with Gasteiger partial charge in [0.25, 0.3) is 11.1 Å². The first kappa shape index (κ1) is 15.0. The van der Waals surface area contributed by atoms with Crippen molar-refractivity contribution in [3.05, 3.63) is 22.9 Å².